The van der Waals surface area contributed by atoms with Gasteiger partial charge in [-0.3, -0.25) is 0 Å². The van der Waals surface area contributed by atoms with Crippen molar-refractivity contribution < 1.29 is 0 Å². The molecule has 1 aromatic heterocycles. The van der Waals surface area contributed by atoms with Gasteiger partial charge < -0.3 is 5.73 Å². The Kier molecular flexibility index (Phi) is 3.01. The van der Waals surface area contributed by atoms with Gasteiger partial charge in [0.25, 0.3) is 0 Å². The zero-order chi connectivity index (χ0) is 11.7. The van der Waals surface area contributed by atoms with Crippen LogP contribution in [0.15, 0.2) is 18.2 Å². The van der Waals surface area contributed by atoms with Crippen LogP contribution in [0, 0.1) is 11.3 Å². The molecule has 1 aromatic carbocycles. The predicted molar refractivity (Wildman–Crippen MR) is 66.7 cm³/mol. The van der Waals surface area contributed by atoms with Crippen molar-refractivity contribution in [2.45, 2.75) is 0 Å². The minimum atomic E-state index is 0.345. The van der Waals surface area contributed by atoms with E-state index in [9.17, 15) is 0 Å². The molecule has 6 heteroatoms. The monoisotopic (exact) mass is 269 g/mol. The van der Waals surface area contributed by atoms with E-state index in [0.29, 0.717) is 31.3 Å². The first kappa shape index (κ1) is 11.2. The second kappa shape index (κ2) is 4.30. The largest absolute Gasteiger partial charge is 0.375 e. The number of nitrogens with zero attached hydrogens (tertiary/aromatic N) is 2. The summed E-state index contributed by atoms with van der Waals surface area (Å²) in [5.41, 5.74) is 6.73. The van der Waals surface area contributed by atoms with E-state index < -0.39 is 0 Å². The first-order valence-corrected chi connectivity index (χ1v) is 5.81. The highest BCUT2D eigenvalue weighted by atomic mass is 35.5. The minimum Gasteiger partial charge on any atom is -0.375 e. The molecule has 1 heterocycles. The van der Waals surface area contributed by atoms with Crippen molar-refractivity contribution in [1.29, 1.82) is 5.26 Å². The molecule has 0 atom stereocenters. The number of hydrogen-bond acceptors (Lipinski definition) is 4. The van der Waals surface area contributed by atoms with Crippen LogP contribution in [0.5, 0.6) is 0 Å². The van der Waals surface area contributed by atoms with Crippen molar-refractivity contribution in [3.63, 3.8) is 0 Å². The third kappa shape index (κ3) is 1.98. The lowest BCUT2D eigenvalue weighted by molar-refractivity contribution is 1.39. The fraction of sp³-hybridized carbons (Fsp3) is 0. The smallest absolute Gasteiger partial charge is 0.181 e. The Morgan fingerprint density at radius 1 is 1.38 bits per heavy atom. The van der Waals surface area contributed by atoms with Gasteiger partial charge in [-0.25, -0.2) is 4.98 Å². The van der Waals surface area contributed by atoms with E-state index >= 15 is 0 Å². The Morgan fingerprint density at radius 2 is 2.12 bits per heavy atom. The molecule has 2 rings (SSSR count). The van der Waals surface area contributed by atoms with Crippen LogP contribution in [0.4, 0.5) is 5.13 Å². The van der Waals surface area contributed by atoms with Crippen LogP contribution in [0.1, 0.15) is 4.88 Å². The molecule has 0 spiro atoms. The van der Waals surface area contributed by atoms with Gasteiger partial charge in [0.05, 0.1) is 5.02 Å². The fourth-order valence-corrected chi connectivity index (χ4v) is 2.42. The molecule has 2 aromatic rings. The summed E-state index contributed by atoms with van der Waals surface area (Å²) in [5, 5.41) is 10.3. The second-order valence-electron chi connectivity index (χ2n) is 2.97. The van der Waals surface area contributed by atoms with Crippen molar-refractivity contribution in [2.75, 3.05) is 5.73 Å². The molecule has 0 saturated carbocycles. The van der Waals surface area contributed by atoms with Crippen molar-refractivity contribution in [2.24, 2.45) is 0 Å². The molecule has 0 bridgehead atoms. The molecule has 0 aliphatic heterocycles. The molecular weight excluding hydrogens is 265 g/mol. The Balaban J connectivity index is 2.63. The fourth-order valence-electron chi connectivity index (χ4n) is 1.28. The van der Waals surface area contributed by atoms with Crippen LogP contribution < -0.4 is 5.73 Å². The maximum atomic E-state index is 8.93. The molecular formula is C10H5Cl2N3S. The normalized spacial score (nSPS) is 10.1. The summed E-state index contributed by atoms with van der Waals surface area (Å²) in [6, 6.07) is 7.06. The molecule has 0 amide bonds. The number of benzene rings is 1. The summed E-state index contributed by atoms with van der Waals surface area (Å²) in [7, 11) is 0. The van der Waals surface area contributed by atoms with Gasteiger partial charge in [0, 0.05) is 10.6 Å². The standard InChI is InChI=1S/C10H5Cl2N3S/c11-5-1-2-6(7(12)3-5)9-8(4-13)16-10(14)15-9/h1-3H,(H2,14,15). The summed E-state index contributed by atoms with van der Waals surface area (Å²) in [4.78, 5) is 4.53. The Hall–Kier alpha value is -1.28. The van der Waals surface area contributed by atoms with Gasteiger partial charge in [-0.1, -0.05) is 34.5 Å². The van der Waals surface area contributed by atoms with E-state index in [2.05, 4.69) is 4.98 Å². The van der Waals surface area contributed by atoms with Gasteiger partial charge in [0.1, 0.15) is 16.6 Å². The van der Waals surface area contributed by atoms with Gasteiger partial charge in [-0.2, -0.15) is 5.26 Å². The molecule has 16 heavy (non-hydrogen) atoms. The number of nitriles is 1. The van der Waals surface area contributed by atoms with Crippen LogP contribution in [0.25, 0.3) is 11.3 Å². The highest BCUT2D eigenvalue weighted by molar-refractivity contribution is 7.16. The van der Waals surface area contributed by atoms with E-state index in [0.717, 1.165) is 11.3 Å². The van der Waals surface area contributed by atoms with Crippen LogP contribution in [0.3, 0.4) is 0 Å². The molecule has 0 unspecified atom stereocenters. The highest BCUT2D eigenvalue weighted by Crippen LogP contribution is 2.34. The van der Waals surface area contributed by atoms with E-state index in [-0.39, 0.29) is 0 Å². The number of nitrogen functional groups attached to an aromatic ring is 1. The predicted octanol–water partition coefficient (Wildman–Crippen LogP) is 3.57. The van der Waals surface area contributed by atoms with Gasteiger partial charge >= 0.3 is 0 Å². The number of hydrogen-bond donors (Lipinski definition) is 1. The topological polar surface area (TPSA) is 62.7 Å². The van der Waals surface area contributed by atoms with Crippen LogP contribution >= 0.6 is 34.5 Å². The van der Waals surface area contributed by atoms with Crippen molar-refractivity contribution in [1.82, 2.24) is 4.98 Å². The third-order valence-corrected chi connectivity index (χ3v) is 3.27. The number of aromatic nitrogens is 1. The zero-order valence-electron chi connectivity index (χ0n) is 7.87. The molecule has 2 N–H and O–H groups in total. The molecule has 0 radical (unpaired) electrons. The van der Waals surface area contributed by atoms with Crippen molar-refractivity contribution >= 4 is 39.7 Å². The van der Waals surface area contributed by atoms with E-state index in [1.165, 1.54) is 0 Å². The quantitative estimate of drug-likeness (QED) is 0.861. The molecule has 0 saturated heterocycles. The summed E-state index contributed by atoms with van der Waals surface area (Å²) >= 11 is 13.0. The lowest BCUT2D eigenvalue weighted by Crippen LogP contribution is -1.85. The number of halogens is 2. The number of nitrogens with two attached hydrogens (primary N) is 1. The third-order valence-electron chi connectivity index (χ3n) is 1.93. The van der Waals surface area contributed by atoms with E-state index in [4.69, 9.17) is 34.2 Å². The zero-order valence-corrected chi connectivity index (χ0v) is 10.2. The Bertz CT molecular complexity index is 586. The van der Waals surface area contributed by atoms with Crippen molar-refractivity contribution in [3.8, 4) is 17.3 Å². The molecule has 80 valence electrons. The Morgan fingerprint density at radius 3 is 2.75 bits per heavy atom. The number of rotatable bonds is 1. The lowest BCUT2D eigenvalue weighted by atomic mass is 10.1. The summed E-state index contributed by atoms with van der Waals surface area (Å²) < 4.78 is 0. The van der Waals surface area contributed by atoms with Crippen molar-refractivity contribution in [3.05, 3.63) is 33.1 Å². The highest BCUT2D eigenvalue weighted by Gasteiger charge is 2.14. The maximum absolute atomic E-state index is 8.93. The minimum absolute atomic E-state index is 0.345. The second-order valence-corrected chi connectivity index (χ2v) is 4.84. The summed E-state index contributed by atoms with van der Waals surface area (Å²) in [5.74, 6) is 0. The maximum Gasteiger partial charge on any atom is 0.181 e. The van der Waals surface area contributed by atoms with Crippen LogP contribution in [-0.2, 0) is 0 Å². The summed E-state index contributed by atoms with van der Waals surface area (Å²) in [6.07, 6.45) is 0. The Labute approximate surface area is 106 Å². The van der Waals surface area contributed by atoms with Crippen LogP contribution in [-0.4, -0.2) is 4.98 Å². The van der Waals surface area contributed by atoms with Gasteiger partial charge in [-0.05, 0) is 18.2 Å². The SMILES string of the molecule is N#Cc1sc(N)nc1-c1ccc(Cl)cc1Cl. The average Bonchev–Trinajstić information content (AvgIpc) is 2.59. The molecule has 0 aliphatic rings. The van der Waals surface area contributed by atoms with Gasteiger partial charge in [-0.15, -0.1) is 0 Å². The van der Waals surface area contributed by atoms with E-state index in [1.807, 2.05) is 6.07 Å². The summed E-state index contributed by atoms with van der Waals surface area (Å²) in [6.45, 7) is 0. The number of thiazole rings is 1. The van der Waals surface area contributed by atoms with E-state index in [1.54, 1.807) is 18.2 Å². The average molecular weight is 270 g/mol. The molecule has 3 nitrogen and oxygen atoms in total. The molecule has 0 aliphatic carbocycles. The lowest BCUT2D eigenvalue weighted by Gasteiger charge is -2.01. The first-order chi connectivity index (χ1) is 7.61. The number of anilines is 1. The first-order valence-electron chi connectivity index (χ1n) is 4.23. The molecule has 0 fully saturated rings. The van der Waals surface area contributed by atoms with Gasteiger partial charge in [0.15, 0.2) is 5.13 Å². The van der Waals surface area contributed by atoms with Crippen LogP contribution in [0.2, 0.25) is 10.0 Å². The van der Waals surface area contributed by atoms with Gasteiger partial charge in [0.2, 0.25) is 0 Å².